The first-order chi connectivity index (χ1) is 9.15. The highest BCUT2D eigenvalue weighted by molar-refractivity contribution is 6.17. The van der Waals surface area contributed by atoms with Crippen molar-refractivity contribution < 1.29 is 4.92 Å². The van der Waals surface area contributed by atoms with Crippen LogP contribution in [0.15, 0.2) is 18.2 Å². The Morgan fingerprint density at radius 2 is 2.11 bits per heavy atom. The van der Waals surface area contributed by atoms with Crippen LogP contribution in [-0.2, 0) is 5.88 Å². The van der Waals surface area contributed by atoms with Crippen molar-refractivity contribution in [2.45, 2.75) is 32.1 Å². The van der Waals surface area contributed by atoms with Crippen LogP contribution in [-0.4, -0.2) is 18.0 Å². The van der Waals surface area contributed by atoms with Gasteiger partial charge >= 0.3 is 0 Å². The molecular weight excluding hydrogens is 264 g/mol. The van der Waals surface area contributed by atoms with Crippen molar-refractivity contribution in [2.75, 3.05) is 18.0 Å². The first kappa shape index (κ1) is 14.1. The zero-order valence-corrected chi connectivity index (χ0v) is 11.9. The fourth-order valence-corrected chi connectivity index (χ4v) is 2.87. The summed E-state index contributed by atoms with van der Waals surface area (Å²) in [5.74, 6) is 0.997. The summed E-state index contributed by atoms with van der Waals surface area (Å²) in [5, 5.41) is 10.9. The van der Waals surface area contributed by atoms with Crippen LogP contribution in [0.2, 0.25) is 0 Å². The van der Waals surface area contributed by atoms with Crippen LogP contribution in [0.4, 0.5) is 11.4 Å². The summed E-state index contributed by atoms with van der Waals surface area (Å²) in [5.41, 5.74) is 1.76. The second kappa shape index (κ2) is 6.24. The smallest absolute Gasteiger partial charge is 0.273 e. The quantitative estimate of drug-likeness (QED) is 0.477. The second-order valence-electron chi connectivity index (χ2n) is 5.04. The summed E-state index contributed by atoms with van der Waals surface area (Å²) in [4.78, 5) is 12.8. The van der Waals surface area contributed by atoms with Gasteiger partial charge in [-0.1, -0.05) is 13.3 Å². The van der Waals surface area contributed by atoms with E-state index in [4.69, 9.17) is 11.6 Å². The lowest BCUT2D eigenvalue weighted by molar-refractivity contribution is -0.385. The van der Waals surface area contributed by atoms with E-state index in [1.807, 2.05) is 12.1 Å². The topological polar surface area (TPSA) is 46.4 Å². The Labute approximate surface area is 118 Å². The van der Waals surface area contributed by atoms with Crippen molar-refractivity contribution >= 4 is 23.0 Å². The summed E-state index contributed by atoms with van der Waals surface area (Å²) in [6.07, 6.45) is 3.63. The predicted molar refractivity (Wildman–Crippen MR) is 77.9 cm³/mol. The molecule has 1 heterocycles. The van der Waals surface area contributed by atoms with Crippen LogP contribution in [0.5, 0.6) is 0 Å². The maximum absolute atomic E-state index is 10.9. The number of anilines is 1. The van der Waals surface area contributed by atoms with Gasteiger partial charge in [-0.3, -0.25) is 10.1 Å². The van der Waals surface area contributed by atoms with Crippen molar-refractivity contribution in [2.24, 2.45) is 5.92 Å². The standard InChI is InChI=1S/C14H19ClN2O2/c1-2-11-5-7-16(8-6-11)13-3-4-14(17(18)19)12(9-13)10-15/h3-4,9,11H,2,5-8,10H2,1H3. The van der Waals surface area contributed by atoms with Gasteiger partial charge in [0, 0.05) is 30.4 Å². The monoisotopic (exact) mass is 282 g/mol. The fourth-order valence-electron chi connectivity index (χ4n) is 2.65. The molecule has 0 N–H and O–H groups in total. The highest BCUT2D eigenvalue weighted by Crippen LogP contribution is 2.29. The lowest BCUT2D eigenvalue weighted by atomic mass is 9.94. The molecule has 0 aromatic heterocycles. The zero-order chi connectivity index (χ0) is 13.8. The molecule has 1 aliphatic rings. The van der Waals surface area contributed by atoms with E-state index in [1.54, 1.807) is 6.07 Å². The van der Waals surface area contributed by atoms with Gasteiger partial charge in [-0.2, -0.15) is 0 Å². The summed E-state index contributed by atoms with van der Waals surface area (Å²) >= 11 is 5.81. The zero-order valence-electron chi connectivity index (χ0n) is 11.1. The van der Waals surface area contributed by atoms with E-state index in [2.05, 4.69) is 11.8 Å². The largest absolute Gasteiger partial charge is 0.372 e. The van der Waals surface area contributed by atoms with E-state index in [0.717, 1.165) is 24.7 Å². The van der Waals surface area contributed by atoms with Gasteiger partial charge in [0.25, 0.3) is 5.69 Å². The Morgan fingerprint density at radius 1 is 1.42 bits per heavy atom. The van der Waals surface area contributed by atoms with Crippen molar-refractivity contribution in [1.29, 1.82) is 0 Å². The number of rotatable bonds is 4. The Balaban J connectivity index is 2.15. The molecule has 0 aliphatic carbocycles. The third-order valence-corrected chi connectivity index (χ3v) is 4.25. The van der Waals surface area contributed by atoms with Gasteiger partial charge in [0.15, 0.2) is 0 Å². The van der Waals surface area contributed by atoms with E-state index in [0.29, 0.717) is 5.56 Å². The average molecular weight is 283 g/mol. The van der Waals surface area contributed by atoms with Crippen LogP contribution in [0.1, 0.15) is 31.7 Å². The molecule has 0 amide bonds. The van der Waals surface area contributed by atoms with Gasteiger partial charge in [0.2, 0.25) is 0 Å². The van der Waals surface area contributed by atoms with E-state index in [9.17, 15) is 10.1 Å². The van der Waals surface area contributed by atoms with Crippen LogP contribution >= 0.6 is 11.6 Å². The van der Waals surface area contributed by atoms with E-state index in [-0.39, 0.29) is 16.5 Å². The van der Waals surface area contributed by atoms with Crippen LogP contribution in [0.3, 0.4) is 0 Å². The van der Waals surface area contributed by atoms with Crippen LogP contribution in [0, 0.1) is 16.0 Å². The Kier molecular flexibility index (Phi) is 4.64. The molecule has 0 bridgehead atoms. The maximum atomic E-state index is 10.9. The Morgan fingerprint density at radius 3 is 2.63 bits per heavy atom. The Bertz CT molecular complexity index is 457. The Hall–Kier alpha value is -1.29. The minimum absolute atomic E-state index is 0.113. The number of nitrogens with zero attached hydrogens (tertiary/aromatic N) is 2. The minimum Gasteiger partial charge on any atom is -0.372 e. The molecule has 2 rings (SSSR count). The number of nitro groups is 1. The molecule has 104 valence electrons. The van der Waals surface area contributed by atoms with Gasteiger partial charge in [-0.25, -0.2) is 0 Å². The molecule has 1 fully saturated rings. The normalized spacial score (nSPS) is 16.6. The number of piperidine rings is 1. The third-order valence-electron chi connectivity index (χ3n) is 3.96. The van der Waals surface area contributed by atoms with Crippen molar-refractivity contribution in [3.05, 3.63) is 33.9 Å². The first-order valence-corrected chi connectivity index (χ1v) is 7.27. The number of hydrogen-bond donors (Lipinski definition) is 0. The molecule has 1 aromatic carbocycles. The molecule has 1 saturated heterocycles. The van der Waals surface area contributed by atoms with Gasteiger partial charge in [0.05, 0.1) is 10.8 Å². The molecule has 5 heteroatoms. The number of nitro benzene ring substituents is 1. The fraction of sp³-hybridized carbons (Fsp3) is 0.571. The molecule has 0 spiro atoms. The highest BCUT2D eigenvalue weighted by atomic mass is 35.5. The number of halogens is 1. The van der Waals surface area contributed by atoms with E-state index in [1.165, 1.54) is 19.3 Å². The molecule has 4 nitrogen and oxygen atoms in total. The SMILES string of the molecule is CCC1CCN(c2ccc([N+](=O)[O-])c(CCl)c2)CC1. The van der Waals surface area contributed by atoms with E-state index >= 15 is 0 Å². The first-order valence-electron chi connectivity index (χ1n) is 6.74. The minimum atomic E-state index is -0.370. The van der Waals surface area contributed by atoms with Gasteiger partial charge in [0.1, 0.15) is 0 Å². The molecule has 19 heavy (non-hydrogen) atoms. The lowest BCUT2D eigenvalue weighted by Crippen LogP contribution is -2.33. The third kappa shape index (κ3) is 3.18. The van der Waals surface area contributed by atoms with Crippen LogP contribution in [0.25, 0.3) is 0 Å². The summed E-state index contributed by atoms with van der Waals surface area (Å²) in [7, 11) is 0. The van der Waals surface area contributed by atoms with Gasteiger partial charge in [-0.15, -0.1) is 11.6 Å². The molecule has 0 unspecified atom stereocenters. The summed E-state index contributed by atoms with van der Waals surface area (Å²) < 4.78 is 0. The number of alkyl halides is 1. The van der Waals surface area contributed by atoms with Crippen molar-refractivity contribution in [3.63, 3.8) is 0 Å². The van der Waals surface area contributed by atoms with E-state index < -0.39 is 0 Å². The molecule has 1 aromatic rings. The number of benzene rings is 1. The van der Waals surface area contributed by atoms with Gasteiger partial charge < -0.3 is 4.90 Å². The van der Waals surface area contributed by atoms with Crippen molar-refractivity contribution in [3.8, 4) is 0 Å². The molecule has 1 aliphatic heterocycles. The predicted octanol–water partition coefficient (Wildman–Crippen LogP) is 3.96. The number of hydrogen-bond acceptors (Lipinski definition) is 3. The average Bonchev–Trinajstić information content (AvgIpc) is 2.46. The second-order valence-corrected chi connectivity index (χ2v) is 5.31. The van der Waals surface area contributed by atoms with Gasteiger partial charge in [-0.05, 0) is 30.9 Å². The lowest BCUT2D eigenvalue weighted by Gasteiger charge is -2.33. The van der Waals surface area contributed by atoms with Crippen molar-refractivity contribution in [1.82, 2.24) is 0 Å². The molecule has 0 atom stereocenters. The summed E-state index contributed by atoms with van der Waals surface area (Å²) in [6.45, 7) is 4.29. The molecule has 0 radical (unpaired) electrons. The maximum Gasteiger partial charge on any atom is 0.273 e. The summed E-state index contributed by atoms with van der Waals surface area (Å²) in [6, 6.07) is 5.26. The molecular formula is C14H19ClN2O2. The molecule has 0 saturated carbocycles. The van der Waals surface area contributed by atoms with Crippen LogP contribution < -0.4 is 4.90 Å². The highest BCUT2D eigenvalue weighted by Gasteiger charge is 2.20.